The number of aromatic nitrogens is 1. The van der Waals surface area contributed by atoms with Crippen molar-refractivity contribution in [3.8, 4) is 5.75 Å². The van der Waals surface area contributed by atoms with Gasteiger partial charge in [-0.25, -0.2) is 4.79 Å². The van der Waals surface area contributed by atoms with Gasteiger partial charge in [-0.2, -0.15) is 0 Å². The molecule has 2 heterocycles. The highest BCUT2D eigenvalue weighted by molar-refractivity contribution is 5.97. The van der Waals surface area contributed by atoms with E-state index in [1.807, 2.05) is 6.07 Å². The zero-order chi connectivity index (χ0) is 32.6. The van der Waals surface area contributed by atoms with Crippen LogP contribution in [0, 0.1) is 17.8 Å². The van der Waals surface area contributed by atoms with Crippen LogP contribution in [0.4, 0.5) is 0 Å². The Morgan fingerprint density at radius 1 is 1.02 bits per heavy atom. The molecule has 2 aromatic rings. The van der Waals surface area contributed by atoms with E-state index < -0.39 is 84.4 Å². The van der Waals surface area contributed by atoms with E-state index in [0.717, 1.165) is 5.56 Å². The lowest BCUT2D eigenvalue weighted by Crippen LogP contribution is -2.47. The van der Waals surface area contributed by atoms with Gasteiger partial charge in [-0.3, -0.25) is 24.2 Å². The molecule has 0 saturated carbocycles. The molecule has 1 aromatic carbocycles. The van der Waals surface area contributed by atoms with Crippen molar-refractivity contribution in [2.45, 2.75) is 65.6 Å². The summed E-state index contributed by atoms with van der Waals surface area (Å²) in [6.45, 7) is 7.25. The molecule has 13 heteroatoms. The molecule has 1 fully saturated rings. The van der Waals surface area contributed by atoms with E-state index in [-0.39, 0.29) is 17.7 Å². The largest absolute Gasteiger partial charge is 0.496 e. The lowest BCUT2D eigenvalue weighted by atomic mass is 9.91. The molecule has 1 saturated heterocycles. The SMILES string of the molecule is COc1ccnc(C(=O)NC2COC(=O)[C@H](Cc3ccccc3)[C@@H](OC(=O)C(C)C)[C@H](C)OC2=O)c1C(O)OC(=O)C(C)C. The van der Waals surface area contributed by atoms with E-state index in [1.165, 1.54) is 26.3 Å². The van der Waals surface area contributed by atoms with Gasteiger partial charge in [-0.15, -0.1) is 0 Å². The van der Waals surface area contributed by atoms with Crippen molar-refractivity contribution in [1.82, 2.24) is 10.3 Å². The third kappa shape index (κ3) is 8.53. The minimum Gasteiger partial charge on any atom is -0.496 e. The van der Waals surface area contributed by atoms with Gasteiger partial charge in [0.15, 0.2) is 12.1 Å². The van der Waals surface area contributed by atoms with Crippen molar-refractivity contribution in [2.75, 3.05) is 13.7 Å². The third-order valence-corrected chi connectivity index (χ3v) is 6.80. The quantitative estimate of drug-likeness (QED) is 0.227. The Bertz CT molecular complexity index is 1350. The van der Waals surface area contributed by atoms with E-state index in [4.69, 9.17) is 23.7 Å². The van der Waals surface area contributed by atoms with Crippen molar-refractivity contribution in [1.29, 1.82) is 0 Å². The molecule has 1 aliphatic heterocycles. The fraction of sp³-hybridized carbons (Fsp3) is 0.484. The number of hydrogen-bond acceptors (Lipinski definition) is 12. The third-order valence-electron chi connectivity index (χ3n) is 6.80. The molecular formula is C31H38N2O11. The molecule has 2 unspecified atom stereocenters. The summed E-state index contributed by atoms with van der Waals surface area (Å²) in [6, 6.07) is 8.83. The molecule has 0 spiro atoms. The minimum absolute atomic E-state index is 0.00939. The Hall–Kier alpha value is -4.52. The molecule has 0 bridgehead atoms. The molecule has 13 nitrogen and oxygen atoms in total. The summed E-state index contributed by atoms with van der Waals surface area (Å²) >= 11 is 0. The van der Waals surface area contributed by atoms with Gasteiger partial charge in [0.2, 0.25) is 6.29 Å². The molecule has 238 valence electrons. The van der Waals surface area contributed by atoms with E-state index >= 15 is 0 Å². The van der Waals surface area contributed by atoms with Crippen molar-refractivity contribution < 1.29 is 52.8 Å². The number of carbonyl (C=O) groups excluding carboxylic acids is 5. The first-order chi connectivity index (χ1) is 20.8. The molecule has 44 heavy (non-hydrogen) atoms. The van der Waals surface area contributed by atoms with Gasteiger partial charge < -0.3 is 34.1 Å². The lowest BCUT2D eigenvalue weighted by molar-refractivity contribution is -0.176. The summed E-state index contributed by atoms with van der Waals surface area (Å²) in [7, 11) is 1.28. The number of carbonyl (C=O) groups is 5. The van der Waals surface area contributed by atoms with Crippen molar-refractivity contribution >= 4 is 29.8 Å². The molecule has 3 rings (SSSR count). The van der Waals surface area contributed by atoms with E-state index in [0.29, 0.717) is 0 Å². The second kappa shape index (κ2) is 15.3. The fourth-order valence-corrected chi connectivity index (χ4v) is 4.34. The second-order valence-corrected chi connectivity index (χ2v) is 10.9. The monoisotopic (exact) mass is 614 g/mol. The molecule has 5 atom stereocenters. The number of pyridine rings is 1. The Morgan fingerprint density at radius 2 is 1.68 bits per heavy atom. The fourth-order valence-electron chi connectivity index (χ4n) is 4.34. The number of aliphatic hydroxyl groups is 1. The van der Waals surface area contributed by atoms with Crippen LogP contribution in [-0.4, -0.2) is 71.8 Å². The number of cyclic esters (lactones) is 2. The topological polar surface area (TPSA) is 177 Å². The van der Waals surface area contributed by atoms with Gasteiger partial charge in [0.1, 0.15) is 30.1 Å². The molecule has 0 aliphatic carbocycles. The molecule has 1 aromatic heterocycles. The predicted molar refractivity (Wildman–Crippen MR) is 153 cm³/mol. The smallest absolute Gasteiger partial charge is 0.332 e. The number of esters is 4. The lowest BCUT2D eigenvalue weighted by Gasteiger charge is -2.29. The predicted octanol–water partition coefficient (Wildman–Crippen LogP) is 2.29. The van der Waals surface area contributed by atoms with E-state index in [2.05, 4.69) is 10.3 Å². The van der Waals surface area contributed by atoms with Crippen LogP contribution in [0.3, 0.4) is 0 Å². The van der Waals surface area contributed by atoms with Crippen LogP contribution in [0.25, 0.3) is 0 Å². The van der Waals surface area contributed by atoms with Gasteiger partial charge in [0.05, 0.1) is 24.5 Å². The number of benzene rings is 1. The average Bonchev–Trinajstić information content (AvgIpc) is 3.02. The number of hydrogen-bond donors (Lipinski definition) is 2. The Kier molecular flexibility index (Phi) is 11.8. The number of aliphatic hydroxyl groups excluding tert-OH is 1. The molecule has 1 aliphatic rings. The van der Waals surface area contributed by atoms with Crippen molar-refractivity contribution in [3.05, 3.63) is 59.4 Å². The van der Waals surface area contributed by atoms with Crippen LogP contribution in [0.15, 0.2) is 42.6 Å². The van der Waals surface area contributed by atoms with Crippen LogP contribution < -0.4 is 10.1 Å². The zero-order valence-corrected chi connectivity index (χ0v) is 25.5. The highest BCUT2D eigenvalue weighted by Gasteiger charge is 2.42. The highest BCUT2D eigenvalue weighted by atomic mass is 16.6. The number of nitrogens with one attached hydrogen (secondary N) is 1. The first-order valence-electron chi connectivity index (χ1n) is 14.2. The number of nitrogens with zero attached hydrogens (tertiary/aromatic N) is 1. The van der Waals surface area contributed by atoms with Crippen molar-refractivity contribution in [2.24, 2.45) is 17.8 Å². The summed E-state index contributed by atoms with van der Waals surface area (Å²) < 4.78 is 27.0. The molecular weight excluding hydrogens is 576 g/mol. The maximum atomic E-state index is 13.4. The highest BCUT2D eigenvalue weighted by Crippen LogP contribution is 2.29. The maximum absolute atomic E-state index is 13.4. The van der Waals surface area contributed by atoms with Crippen molar-refractivity contribution in [3.63, 3.8) is 0 Å². The maximum Gasteiger partial charge on any atom is 0.332 e. The Morgan fingerprint density at radius 3 is 2.30 bits per heavy atom. The van der Waals surface area contributed by atoms with E-state index in [9.17, 15) is 29.1 Å². The van der Waals surface area contributed by atoms with Gasteiger partial charge in [-0.1, -0.05) is 58.0 Å². The number of methoxy groups -OCH3 is 1. The Labute approximate surface area is 255 Å². The zero-order valence-electron chi connectivity index (χ0n) is 25.5. The normalized spacial score (nSPS) is 21.2. The Balaban J connectivity index is 1.91. The summed E-state index contributed by atoms with van der Waals surface area (Å²) in [5.41, 5.74) is 0.0917. The summed E-state index contributed by atoms with van der Waals surface area (Å²) in [4.78, 5) is 68.8. The summed E-state index contributed by atoms with van der Waals surface area (Å²) in [5, 5.41) is 13.1. The minimum atomic E-state index is -1.92. The molecule has 2 N–H and O–H groups in total. The van der Waals surface area contributed by atoms with Crippen LogP contribution in [0.2, 0.25) is 0 Å². The molecule has 1 amide bonds. The molecule has 0 radical (unpaired) electrons. The van der Waals surface area contributed by atoms with Gasteiger partial charge in [-0.05, 0) is 25.0 Å². The number of ether oxygens (including phenoxy) is 5. The van der Waals surface area contributed by atoms with Crippen LogP contribution >= 0.6 is 0 Å². The number of rotatable bonds is 10. The first kappa shape index (κ1) is 34.0. The standard InChI is InChI=1S/C31H38N2O11/c1-16(2)27(35)43-25-18(5)42-30(38)21(15-41-29(37)20(25)14-19-10-8-7-9-11-19)33-26(34)24-23(22(40-6)12-13-32-24)31(39)44-28(36)17(3)4/h7-13,16-18,20-21,25,31,39H,14-15H2,1-6H3,(H,33,34)/t18-,20+,21?,25-,31?/m0/s1. The first-order valence-corrected chi connectivity index (χ1v) is 14.2. The van der Waals surface area contributed by atoms with Crippen LogP contribution in [0.1, 0.15) is 62.5 Å². The second-order valence-electron chi connectivity index (χ2n) is 10.9. The summed E-state index contributed by atoms with van der Waals surface area (Å²) in [6.07, 6.45) is -2.87. The number of amides is 1. The van der Waals surface area contributed by atoms with Gasteiger partial charge in [0.25, 0.3) is 5.91 Å². The average molecular weight is 615 g/mol. The van der Waals surface area contributed by atoms with Crippen LogP contribution in [-0.2, 0) is 44.5 Å². The van der Waals surface area contributed by atoms with E-state index in [1.54, 1.807) is 52.0 Å². The van der Waals surface area contributed by atoms with Gasteiger partial charge >= 0.3 is 23.9 Å². The van der Waals surface area contributed by atoms with Gasteiger partial charge in [0, 0.05) is 6.20 Å². The summed E-state index contributed by atoms with van der Waals surface area (Å²) in [5.74, 6) is -6.20. The van der Waals surface area contributed by atoms with Crippen LogP contribution in [0.5, 0.6) is 5.75 Å².